The Balaban J connectivity index is 2.06. The van der Waals surface area contributed by atoms with E-state index < -0.39 is 6.03 Å². The molecule has 3 amide bonds. The number of carbonyl (C=O) groups is 2. The zero-order valence-electron chi connectivity index (χ0n) is 15.2. The number of amides is 3. The number of likely N-dealkylation sites (N-methyl/N-ethyl adjacent to an activating group) is 1. The van der Waals surface area contributed by atoms with Crippen molar-refractivity contribution in [3.8, 4) is 5.75 Å². The second-order valence-corrected chi connectivity index (χ2v) is 6.00. The standard InChI is InChI=1S/C19H24N4O3/c1-23(2)16(15-6-4-5-7-17(15)26-3)12-21-18(24)13-8-10-14(11-9-13)22-19(20)25/h4-11,16H,12H2,1-3H3,(H,21,24)(H3,20,22,25). The lowest BCUT2D eigenvalue weighted by atomic mass is 10.0. The molecule has 0 aliphatic carbocycles. The fraction of sp³-hybridized carbons (Fsp3) is 0.263. The maximum absolute atomic E-state index is 12.4. The van der Waals surface area contributed by atoms with E-state index in [0.29, 0.717) is 17.8 Å². The molecule has 0 bridgehead atoms. The highest BCUT2D eigenvalue weighted by atomic mass is 16.5. The summed E-state index contributed by atoms with van der Waals surface area (Å²) in [5.74, 6) is 0.583. The molecule has 0 radical (unpaired) electrons. The molecule has 0 saturated heterocycles. The molecular formula is C19H24N4O3. The van der Waals surface area contributed by atoms with Crippen LogP contribution < -0.4 is 21.1 Å². The topological polar surface area (TPSA) is 96.7 Å². The molecule has 2 aromatic carbocycles. The summed E-state index contributed by atoms with van der Waals surface area (Å²) >= 11 is 0. The summed E-state index contributed by atoms with van der Waals surface area (Å²) in [5, 5.41) is 5.40. The molecule has 0 aliphatic heterocycles. The summed E-state index contributed by atoms with van der Waals surface area (Å²) in [4.78, 5) is 25.3. The Morgan fingerprint density at radius 3 is 2.35 bits per heavy atom. The van der Waals surface area contributed by atoms with Gasteiger partial charge in [-0.25, -0.2) is 4.79 Å². The highest BCUT2D eigenvalue weighted by Crippen LogP contribution is 2.27. The molecule has 1 unspecified atom stereocenters. The van der Waals surface area contributed by atoms with E-state index in [-0.39, 0.29) is 11.9 Å². The van der Waals surface area contributed by atoms with Crippen LogP contribution in [-0.4, -0.2) is 44.6 Å². The van der Waals surface area contributed by atoms with E-state index >= 15 is 0 Å². The molecule has 7 heteroatoms. The lowest BCUT2D eigenvalue weighted by Gasteiger charge is -2.26. The number of ether oxygens (including phenoxy) is 1. The second kappa shape index (κ2) is 8.87. The van der Waals surface area contributed by atoms with Crippen molar-refractivity contribution in [2.24, 2.45) is 5.73 Å². The number of primary amides is 1. The maximum Gasteiger partial charge on any atom is 0.316 e. The van der Waals surface area contributed by atoms with Gasteiger partial charge in [0.05, 0.1) is 13.2 Å². The van der Waals surface area contributed by atoms with E-state index in [0.717, 1.165) is 11.3 Å². The molecule has 2 aromatic rings. The maximum atomic E-state index is 12.4. The molecule has 7 nitrogen and oxygen atoms in total. The molecule has 138 valence electrons. The smallest absolute Gasteiger partial charge is 0.316 e. The molecule has 1 atom stereocenters. The summed E-state index contributed by atoms with van der Waals surface area (Å²) in [6.45, 7) is 0.424. The van der Waals surface area contributed by atoms with Crippen molar-refractivity contribution in [1.29, 1.82) is 0 Å². The van der Waals surface area contributed by atoms with Crippen LogP contribution in [0.25, 0.3) is 0 Å². The summed E-state index contributed by atoms with van der Waals surface area (Å²) in [6, 6.07) is 13.6. The Kier molecular flexibility index (Phi) is 6.57. The Morgan fingerprint density at radius 2 is 1.77 bits per heavy atom. The van der Waals surface area contributed by atoms with Gasteiger partial charge in [-0.2, -0.15) is 0 Å². The number of para-hydroxylation sites is 1. The van der Waals surface area contributed by atoms with Crippen molar-refractivity contribution in [2.75, 3.05) is 33.1 Å². The fourth-order valence-corrected chi connectivity index (χ4v) is 2.65. The molecule has 0 heterocycles. The predicted octanol–water partition coefficient (Wildman–Crippen LogP) is 2.22. The quantitative estimate of drug-likeness (QED) is 0.709. The number of nitrogens with one attached hydrogen (secondary N) is 2. The highest BCUT2D eigenvalue weighted by Gasteiger charge is 2.19. The minimum atomic E-state index is -0.646. The third kappa shape index (κ3) is 4.97. The molecule has 0 spiro atoms. The lowest BCUT2D eigenvalue weighted by Crippen LogP contribution is -2.34. The van der Waals surface area contributed by atoms with E-state index in [2.05, 4.69) is 10.6 Å². The van der Waals surface area contributed by atoms with Crippen LogP contribution in [0.15, 0.2) is 48.5 Å². The summed E-state index contributed by atoms with van der Waals surface area (Å²) < 4.78 is 5.43. The first kappa shape index (κ1) is 19.3. The Bertz CT molecular complexity index is 760. The van der Waals surface area contributed by atoms with Crippen molar-refractivity contribution in [3.63, 3.8) is 0 Å². The average Bonchev–Trinajstić information content (AvgIpc) is 2.62. The number of nitrogens with two attached hydrogens (primary N) is 1. The Hall–Kier alpha value is -3.06. The molecule has 2 rings (SSSR count). The zero-order valence-corrected chi connectivity index (χ0v) is 15.2. The van der Waals surface area contributed by atoms with Gasteiger partial charge in [0.15, 0.2) is 0 Å². The number of benzene rings is 2. The predicted molar refractivity (Wildman–Crippen MR) is 101 cm³/mol. The van der Waals surface area contributed by atoms with Gasteiger partial charge in [0.2, 0.25) is 0 Å². The number of hydrogen-bond acceptors (Lipinski definition) is 4. The number of nitrogens with zero attached hydrogens (tertiary/aromatic N) is 1. The Labute approximate surface area is 153 Å². The van der Waals surface area contributed by atoms with E-state index in [1.165, 1.54) is 0 Å². The van der Waals surface area contributed by atoms with Crippen molar-refractivity contribution >= 4 is 17.6 Å². The third-order valence-corrected chi connectivity index (χ3v) is 3.99. The summed E-state index contributed by atoms with van der Waals surface area (Å²) in [5.41, 5.74) is 7.10. The number of hydrogen-bond donors (Lipinski definition) is 3. The van der Waals surface area contributed by atoms with Gasteiger partial charge in [-0.3, -0.25) is 4.79 Å². The van der Waals surface area contributed by atoms with Crippen molar-refractivity contribution in [1.82, 2.24) is 10.2 Å². The van der Waals surface area contributed by atoms with Crippen LogP contribution in [-0.2, 0) is 0 Å². The normalized spacial score (nSPS) is 11.7. The van der Waals surface area contributed by atoms with Crippen LogP contribution in [0.3, 0.4) is 0 Å². The molecule has 0 fully saturated rings. The van der Waals surface area contributed by atoms with E-state index in [4.69, 9.17) is 10.5 Å². The van der Waals surface area contributed by atoms with Gasteiger partial charge < -0.3 is 26.0 Å². The van der Waals surface area contributed by atoms with Gasteiger partial charge >= 0.3 is 6.03 Å². The molecule has 26 heavy (non-hydrogen) atoms. The van der Waals surface area contributed by atoms with Crippen molar-refractivity contribution < 1.29 is 14.3 Å². The van der Waals surface area contributed by atoms with Gasteiger partial charge in [0.25, 0.3) is 5.91 Å². The van der Waals surface area contributed by atoms with Gasteiger partial charge in [-0.15, -0.1) is 0 Å². The number of anilines is 1. The van der Waals surface area contributed by atoms with Gasteiger partial charge in [0, 0.05) is 23.4 Å². The van der Waals surface area contributed by atoms with Crippen LogP contribution in [0.5, 0.6) is 5.75 Å². The van der Waals surface area contributed by atoms with Crippen LogP contribution in [0, 0.1) is 0 Å². The minimum Gasteiger partial charge on any atom is -0.496 e. The molecule has 0 aromatic heterocycles. The number of methoxy groups -OCH3 is 1. The highest BCUT2D eigenvalue weighted by molar-refractivity contribution is 5.95. The molecular weight excluding hydrogens is 332 g/mol. The van der Waals surface area contributed by atoms with Crippen molar-refractivity contribution in [3.05, 3.63) is 59.7 Å². The number of urea groups is 1. The van der Waals surface area contributed by atoms with E-state index in [1.54, 1.807) is 31.4 Å². The monoisotopic (exact) mass is 356 g/mol. The van der Waals surface area contributed by atoms with Gasteiger partial charge in [-0.1, -0.05) is 18.2 Å². The van der Waals surface area contributed by atoms with Gasteiger partial charge in [-0.05, 0) is 44.4 Å². The first-order chi connectivity index (χ1) is 12.4. The molecule has 0 aliphatic rings. The SMILES string of the molecule is COc1ccccc1C(CNC(=O)c1ccc(NC(N)=O)cc1)N(C)C. The zero-order chi connectivity index (χ0) is 19.1. The third-order valence-electron chi connectivity index (χ3n) is 3.99. The Morgan fingerprint density at radius 1 is 1.12 bits per heavy atom. The first-order valence-corrected chi connectivity index (χ1v) is 8.16. The van der Waals surface area contributed by atoms with Crippen LogP contribution in [0.4, 0.5) is 10.5 Å². The van der Waals surface area contributed by atoms with Crippen LogP contribution in [0.1, 0.15) is 22.0 Å². The first-order valence-electron chi connectivity index (χ1n) is 8.16. The van der Waals surface area contributed by atoms with Gasteiger partial charge in [0.1, 0.15) is 5.75 Å². The van der Waals surface area contributed by atoms with Crippen molar-refractivity contribution in [2.45, 2.75) is 6.04 Å². The largest absolute Gasteiger partial charge is 0.496 e. The number of carbonyl (C=O) groups excluding carboxylic acids is 2. The minimum absolute atomic E-state index is 0.0362. The number of rotatable bonds is 7. The molecule has 4 N–H and O–H groups in total. The van der Waals surface area contributed by atoms with E-state index in [9.17, 15) is 9.59 Å². The lowest BCUT2D eigenvalue weighted by molar-refractivity contribution is 0.0941. The second-order valence-electron chi connectivity index (χ2n) is 6.00. The molecule has 0 saturated carbocycles. The van der Waals surface area contributed by atoms with Crippen LogP contribution in [0.2, 0.25) is 0 Å². The summed E-state index contributed by atoms with van der Waals surface area (Å²) in [7, 11) is 5.53. The average molecular weight is 356 g/mol. The van der Waals surface area contributed by atoms with E-state index in [1.807, 2.05) is 43.3 Å². The summed E-state index contributed by atoms with van der Waals surface area (Å²) in [6.07, 6.45) is 0. The fourth-order valence-electron chi connectivity index (χ4n) is 2.65. The van der Waals surface area contributed by atoms with Crippen LogP contribution >= 0.6 is 0 Å².